The zero-order valence-corrected chi connectivity index (χ0v) is 7.55. The van der Waals surface area contributed by atoms with Gasteiger partial charge in [-0.2, -0.15) is 0 Å². The number of thiol groups is 1. The van der Waals surface area contributed by atoms with Crippen LogP contribution < -0.4 is 4.74 Å². The molecule has 1 aromatic carbocycles. The summed E-state index contributed by atoms with van der Waals surface area (Å²) in [6.45, 7) is 0. The van der Waals surface area contributed by atoms with Gasteiger partial charge in [0.25, 0.3) is 5.69 Å². The van der Waals surface area contributed by atoms with Crippen LogP contribution in [0, 0.1) is 15.9 Å². The van der Waals surface area contributed by atoms with Gasteiger partial charge in [0.1, 0.15) is 0 Å². The molecule has 0 saturated heterocycles. The Morgan fingerprint density at radius 1 is 1.62 bits per heavy atom. The molecule has 0 spiro atoms. The highest BCUT2D eigenvalue weighted by atomic mass is 32.1. The van der Waals surface area contributed by atoms with E-state index in [4.69, 9.17) is 0 Å². The van der Waals surface area contributed by atoms with Crippen LogP contribution in [0.1, 0.15) is 0 Å². The van der Waals surface area contributed by atoms with Crippen LogP contribution in [0.15, 0.2) is 17.0 Å². The molecule has 1 rings (SSSR count). The Balaban J connectivity index is 3.28. The van der Waals surface area contributed by atoms with Gasteiger partial charge in [-0.1, -0.05) is 0 Å². The average Bonchev–Trinajstić information content (AvgIpc) is 2.07. The van der Waals surface area contributed by atoms with E-state index in [2.05, 4.69) is 17.4 Å². The predicted octanol–water partition coefficient (Wildman–Crippen LogP) is 2.03. The van der Waals surface area contributed by atoms with Crippen molar-refractivity contribution in [2.45, 2.75) is 4.90 Å². The highest BCUT2D eigenvalue weighted by Crippen LogP contribution is 2.29. The van der Waals surface area contributed by atoms with Crippen molar-refractivity contribution in [3.8, 4) is 5.75 Å². The minimum Gasteiger partial charge on any atom is -0.494 e. The number of nitro groups is 1. The number of rotatable bonds is 2. The molecule has 0 atom stereocenters. The van der Waals surface area contributed by atoms with Gasteiger partial charge in [-0.15, -0.1) is 12.6 Å². The molecule has 0 amide bonds. The molecule has 0 radical (unpaired) electrons. The third-order valence-electron chi connectivity index (χ3n) is 1.45. The summed E-state index contributed by atoms with van der Waals surface area (Å²) in [6.07, 6.45) is 0. The SMILES string of the molecule is COc1cc(S)c([N+](=O)[O-])cc1F. The van der Waals surface area contributed by atoms with Crippen LogP contribution in [0.2, 0.25) is 0 Å². The topological polar surface area (TPSA) is 52.4 Å². The molecule has 0 aliphatic heterocycles. The van der Waals surface area contributed by atoms with Crippen LogP contribution in [-0.4, -0.2) is 12.0 Å². The molecular weight excluding hydrogens is 197 g/mol. The van der Waals surface area contributed by atoms with Gasteiger partial charge in [0, 0.05) is 6.07 Å². The molecule has 0 N–H and O–H groups in total. The molecule has 4 nitrogen and oxygen atoms in total. The van der Waals surface area contributed by atoms with Gasteiger partial charge in [0.2, 0.25) is 0 Å². The van der Waals surface area contributed by atoms with Crippen molar-refractivity contribution in [2.24, 2.45) is 0 Å². The first-order valence-electron chi connectivity index (χ1n) is 3.27. The molecule has 6 heteroatoms. The number of ether oxygens (including phenoxy) is 1. The number of nitrogens with zero attached hydrogens (tertiary/aromatic N) is 1. The van der Waals surface area contributed by atoms with Crippen LogP contribution in [0.25, 0.3) is 0 Å². The summed E-state index contributed by atoms with van der Waals surface area (Å²) in [5, 5.41) is 10.3. The van der Waals surface area contributed by atoms with Gasteiger partial charge in [0.05, 0.1) is 23.0 Å². The molecule has 0 bridgehead atoms. The Morgan fingerprint density at radius 2 is 2.23 bits per heavy atom. The van der Waals surface area contributed by atoms with Crippen LogP contribution >= 0.6 is 12.6 Å². The summed E-state index contributed by atoms with van der Waals surface area (Å²) < 4.78 is 17.5. The minimum atomic E-state index is -0.771. The van der Waals surface area contributed by atoms with E-state index in [0.717, 1.165) is 12.1 Å². The Hall–Kier alpha value is -1.30. The molecule has 0 aliphatic carbocycles. The Labute approximate surface area is 78.9 Å². The molecule has 0 unspecified atom stereocenters. The van der Waals surface area contributed by atoms with E-state index >= 15 is 0 Å². The van der Waals surface area contributed by atoms with Crippen LogP contribution in [0.4, 0.5) is 10.1 Å². The van der Waals surface area contributed by atoms with Gasteiger partial charge < -0.3 is 4.74 Å². The molecule has 0 fully saturated rings. The molecule has 0 aliphatic rings. The second-order valence-corrected chi connectivity index (χ2v) is 2.71. The summed E-state index contributed by atoms with van der Waals surface area (Å²) in [5.74, 6) is -0.831. The molecule has 70 valence electrons. The first-order valence-corrected chi connectivity index (χ1v) is 3.72. The standard InChI is InChI=1S/C7H6FNO3S/c1-12-6-3-7(13)5(9(10)11)2-4(6)8/h2-3,13H,1H3. The monoisotopic (exact) mass is 203 g/mol. The van der Waals surface area contributed by atoms with E-state index in [0.29, 0.717) is 0 Å². The molecule has 1 aromatic rings. The van der Waals surface area contributed by atoms with E-state index in [1.54, 1.807) is 0 Å². The van der Waals surface area contributed by atoms with Gasteiger partial charge in [-0.05, 0) is 0 Å². The van der Waals surface area contributed by atoms with Crippen LogP contribution in [0.5, 0.6) is 5.75 Å². The highest BCUT2D eigenvalue weighted by Gasteiger charge is 2.16. The number of methoxy groups -OCH3 is 1. The number of hydrogen-bond acceptors (Lipinski definition) is 4. The summed E-state index contributed by atoms with van der Waals surface area (Å²) in [6, 6.07) is 1.94. The zero-order valence-electron chi connectivity index (χ0n) is 6.65. The molecule has 0 aromatic heterocycles. The maximum atomic E-state index is 12.9. The van der Waals surface area contributed by atoms with Crippen molar-refractivity contribution in [1.82, 2.24) is 0 Å². The largest absolute Gasteiger partial charge is 0.494 e. The van der Waals surface area contributed by atoms with Crippen molar-refractivity contribution in [3.63, 3.8) is 0 Å². The lowest BCUT2D eigenvalue weighted by Gasteiger charge is -2.02. The molecular formula is C7H6FNO3S. The second kappa shape index (κ2) is 3.61. The van der Waals surface area contributed by atoms with Crippen molar-refractivity contribution in [1.29, 1.82) is 0 Å². The van der Waals surface area contributed by atoms with E-state index in [1.807, 2.05) is 0 Å². The number of benzene rings is 1. The van der Waals surface area contributed by atoms with Gasteiger partial charge >= 0.3 is 0 Å². The number of halogens is 1. The maximum absolute atomic E-state index is 12.9. The van der Waals surface area contributed by atoms with Gasteiger partial charge in [-0.25, -0.2) is 4.39 Å². The lowest BCUT2D eigenvalue weighted by Crippen LogP contribution is -1.94. The maximum Gasteiger partial charge on any atom is 0.285 e. The van der Waals surface area contributed by atoms with Crippen LogP contribution in [-0.2, 0) is 0 Å². The average molecular weight is 203 g/mol. The minimum absolute atomic E-state index is 0.0596. The Bertz CT molecular complexity index is 356. The normalized spacial score (nSPS) is 9.77. The first-order chi connectivity index (χ1) is 6.06. The molecule has 0 heterocycles. The van der Waals surface area contributed by atoms with Crippen molar-refractivity contribution in [2.75, 3.05) is 7.11 Å². The van der Waals surface area contributed by atoms with Crippen LogP contribution in [0.3, 0.4) is 0 Å². The second-order valence-electron chi connectivity index (χ2n) is 2.23. The van der Waals surface area contributed by atoms with Crippen molar-refractivity contribution in [3.05, 3.63) is 28.1 Å². The fourth-order valence-corrected chi connectivity index (χ4v) is 1.10. The zero-order chi connectivity index (χ0) is 10.0. The lowest BCUT2D eigenvalue weighted by molar-refractivity contribution is -0.387. The summed E-state index contributed by atoms with van der Waals surface area (Å²) in [5.41, 5.74) is -0.373. The van der Waals surface area contributed by atoms with Crippen molar-refractivity contribution < 1.29 is 14.1 Å². The smallest absolute Gasteiger partial charge is 0.285 e. The van der Waals surface area contributed by atoms with E-state index in [1.165, 1.54) is 7.11 Å². The summed E-state index contributed by atoms with van der Waals surface area (Å²) in [4.78, 5) is 9.69. The van der Waals surface area contributed by atoms with Crippen molar-refractivity contribution >= 4 is 18.3 Å². The third kappa shape index (κ3) is 1.89. The predicted molar refractivity (Wildman–Crippen MR) is 46.9 cm³/mol. The lowest BCUT2D eigenvalue weighted by atomic mass is 10.3. The van der Waals surface area contributed by atoms with E-state index in [9.17, 15) is 14.5 Å². The number of nitro benzene ring substituents is 1. The van der Waals surface area contributed by atoms with Gasteiger partial charge in [-0.3, -0.25) is 10.1 Å². The molecule has 13 heavy (non-hydrogen) atoms. The summed E-state index contributed by atoms with van der Waals surface area (Å²) >= 11 is 3.82. The fourth-order valence-electron chi connectivity index (χ4n) is 0.835. The van der Waals surface area contributed by atoms with Gasteiger partial charge in [0.15, 0.2) is 11.6 Å². The number of hydrogen-bond donors (Lipinski definition) is 1. The van der Waals surface area contributed by atoms with E-state index < -0.39 is 10.7 Å². The molecule has 0 saturated carbocycles. The summed E-state index contributed by atoms with van der Waals surface area (Å²) in [7, 11) is 1.28. The fraction of sp³-hybridized carbons (Fsp3) is 0.143. The Morgan fingerprint density at radius 3 is 2.69 bits per heavy atom. The Kier molecular flexibility index (Phi) is 2.72. The third-order valence-corrected chi connectivity index (χ3v) is 1.80. The highest BCUT2D eigenvalue weighted by molar-refractivity contribution is 7.80. The van der Waals surface area contributed by atoms with E-state index in [-0.39, 0.29) is 16.3 Å². The quantitative estimate of drug-likeness (QED) is 0.454. The first kappa shape index (κ1) is 9.79.